The van der Waals surface area contributed by atoms with Crippen molar-refractivity contribution in [3.8, 4) is 0 Å². The summed E-state index contributed by atoms with van der Waals surface area (Å²) in [4.78, 5) is 107. The number of alkyl halides is 3. The molecule has 2 aromatic rings. The van der Waals surface area contributed by atoms with Crippen molar-refractivity contribution >= 4 is 35.3 Å². The maximum absolute atomic E-state index is 12.0. The van der Waals surface area contributed by atoms with E-state index in [1.807, 2.05) is 0 Å². The molecule has 0 unspecified atom stereocenters. The van der Waals surface area contributed by atoms with Gasteiger partial charge < -0.3 is 18.9 Å². The predicted octanol–water partition coefficient (Wildman–Crippen LogP) is 9.93. The van der Waals surface area contributed by atoms with E-state index in [9.17, 15) is 72.2 Å². The number of nitro groups is 2. The molecular formula is C39H47F3N6O16. The molecule has 3 aliphatic carbocycles. The summed E-state index contributed by atoms with van der Waals surface area (Å²) < 4.78 is 54.7. The second-order valence-electron chi connectivity index (χ2n) is 15.2. The monoisotopic (exact) mass is 912 g/mol. The number of carbonyl (C=O) groups is 4. The van der Waals surface area contributed by atoms with Gasteiger partial charge in [-0.3, -0.25) is 25.0 Å². The highest BCUT2D eigenvalue weighted by Gasteiger charge is 2.48. The Balaban J connectivity index is 0.000000298. The van der Waals surface area contributed by atoms with E-state index in [1.165, 1.54) is 69.3 Å². The van der Waals surface area contributed by atoms with Gasteiger partial charge in [0.25, 0.3) is 11.4 Å². The van der Waals surface area contributed by atoms with Crippen LogP contribution in [0.5, 0.6) is 0 Å². The predicted molar refractivity (Wildman–Crippen MR) is 216 cm³/mol. The van der Waals surface area contributed by atoms with Gasteiger partial charge in [-0.15, -0.1) is 19.6 Å². The Kier molecular flexibility index (Phi) is 20.2. The van der Waals surface area contributed by atoms with Gasteiger partial charge in [0.1, 0.15) is 0 Å². The topological polar surface area (TPSA) is 309 Å². The number of rotatable bonds is 12. The van der Waals surface area contributed by atoms with Crippen LogP contribution in [0.4, 0.5) is 24.5 Å². The fourth-order valence-electron chi connectivity index (χ4n) is 6.42. The van der Waals surface area contributed by atoms with Crippen LogP contribution < -0.4 is 0 Å². The third-order valence-electron chi connectivity index (χ3n) is 9.72. The molecule has 0 radical (unpaired) electrons. The SMILES string of the molecule is CC(=O)OC1(N=O)CCCCC1.CC(C)(N=O)OC(=O)c1ccc([N+](=O)[O-])cc1.O=NC1(OC(=O)C(F)(F)F)CCCCC1.O=NC1(OC(=O)c2ccc([N+](=O)[O-])cc2)CCCCC1. The number of nitroso groups, excluding NO2 is 4. The largest absolute Gasteiger partial charge is 0.491 e. The minimum atomic E-state index is -5.07. The number of nitrogens with zero attached hydrogens (tertiary/aromatic N) is 6. The van der Waals surface area contributed by atoms with E-state index < -0.39 is 62.8 Å². The number of halogens is 3. The molecule has 0 spiro atoms. The molecule has 25 heteroatoms. The maximum atomic E-state index is 12.0. The van der Waals surface area contributed by atoms with Crippen LogP contribution in [-0.2, 0) is 28.5 Å². The van der Waals surface area contributed by atoms with E-state index in [-0.39, 0.29) is 35.3 Å². The molecule has 350 valence electrons. The first-order valence-electron chi connectivity index (χ1n) is 19.8. The number of nitro benzene ring substituents is 2. The van der Waals surface area contributed by atoms with Crippen molar-refractivity contribution in [2.45, 2.75) is 146 Å². The van der Waals surface area contributed by atoms with Crippen LogP contribution in [0.2, 0.25) is 0 Å². The highest BCUT2D eigenvalue weighted by Crippen LogP contribution is 2.36. The average molecular weight is 913 g/mol. The zero-order valence-electron chi connectivity index (χ0n) is 35.1. The fraction of sp³-hybridized carbons (Fsp3) is 0.590. The first-order valence-corrected chi connectivity index (χ1v) is 19.8. The van der Waals surface area contributed by atoms with Gasteiger partial charge in [0.15, 0.2) is 0 Å². The Morgan fingerprint density at radius 2 is 0.891 bits per heavy atom. The van der Waals surface area contributed by atoms with Crippen LogP contribution >= 0.6 is 0 Å². The summed E-state index contributed by atoms with van der Waals surface area (Å²) in [6.07, 6.45) is 4.46. The average Bonchev–Trinajstić information content (AvgIpc) is 3.27. The summed E-state index contributed by atoms with van der Waals surface area (Å²) in [5, 5.41) is 32.0. The molecule has 0 saturated heterocycles. The molecule has 22 nitrogen and oxygen atoms in total. The van der Waals surface area contributed by atoms with Gasteiger partial charge in [-0.2, -0.15) is 13.2 Å². The molecule has 0 N–H and O–H groups in total. The van der Waals surface area contributed by atoms with Crippen LogP contribution in [0.15, 0.2) is 69.2 Å². The normalized spacial score (nSPS) is 17.1. The van der Waals surface area contributed by atoms with Crippen molar-refractivity contribution in [3.63, 3.8) is 0 Å². The molecule has 0 amide bonds. The number of hydrogen-bond acceptors (Lipinski definition) is 20. The van der Waals surface area contributed by atoms with Gasteiger partial charge in [0.05, 0.1) is 21.0 Å². The number of ether oxygens (including phenoxy) is 4. The van der Waals surface area contributed by atoms with E-state index in [0.717, 1.165) is 44.9 Å². The van der Waals surface area contributed by atoms with Crippen LogP contribution in [0, 0.1) is 39.9 Å². The Labute approximate surface area is 362 Å². The lowest BCUT2D eigenvalue weighted by Crippen LogP contribution is -2.39. The molecule has 0 atom stereocenters. The quantitative estimate of drug-likeness (QED) is 0.0628. The Morgan fingerprint density at radius 1 is 0.562 bits per heavy atom. The van der Waals surface area contributed by atoms with Crippen molar-refractivity contribution in [2.24, 2.45) is 20.7 Å². The summed E-state index contributed by atoms with van der Waals surface area (Å²) in [7, 11) is 0. The first kappa shape index (κ1) is 53.4. The zero-order valence-corrected chi connectivity index (χ0v) is 35.1. The third-order valence-corrected chi connectivity index (χ3v) is 9.72. The van der Waals surface area contributed by atoms with Crippen LogP contribution in [0.25, 0.3) is 0 Å². The number of non-ortho nitro benzene ring substituents is 2. The third kappa shape index (κ3) is 17.2. The van der Waals surface area contributed by atoms with Crippen LogP contribution in [0.1, 0.15) is 138 Å². The van der Waals surface area contributed by atoms with E-state index in [4.69, 9.17) is 14.2 Å². The minimum Gasteiger partial charge on any atom is -0.434 e. The minimum absolute atomic E-state index is 0.0678. The van der Waals surface area contributed by atoms with Crippen molar-refractivity contribution in [3.05, 3.63) is 99.5 Å². The Hall–Kier alpha value is -6.69. The van der Waals surface area contributed by atoms with Crippen molar-refractivity contribution in [1.82, 2.24) is 0 Å². The van der Waals surface area contributed by atoms with Crippen molar-refractivity contribution < 1.29 is 61.1 Å². The van der Waals surface area contributed by atoms with Crippen molar-refractivity contribution in [1.29, 1.82) is 0 Å². The molecule has 5 rings (SSSR count). The molecule has 3 saturated carbocycles. The second kappa shape index (κ2) is 24.2. The summed E-state index contributed by atoms with van der Waals surface area (Å²) >= 11 is 0. The fourth-order valence-corrected chi connectivity index (χ4v) is 6.42. The van der Waals surface area contributed by atoms with Crippen LogP contribution in [-0.4, -0.2) is 62.8 Å². The highest BCUT2D eigenvalue weighted by atomic mass is 19.4. The molecular weight excluding hydrogens is 865 g/mol. The number of carbonyl (C=O) groups excluding carboxylic acids is 4. The smallest absolute Gasteiger partial charge is 0.434 e. The number of esters is 4. The summed E-state index contributed by atoms with van der Waals surface area (Å²) in [6, 6.07) is 9.92. The van der Waals surface area contributed by atoms with Crippen molar-refractivity contribution in [2.75, 3.05) is 0 Å². The number of hydrogen-bond donors (Lipinski definition) is 0. The molecule has 0 bridgehead atoms. The van der Waals surface area contributed by atoms with Gasteiger partial charge in [-0.25, -0.2) is 14.4 Å². The Morgan fingerprint density at radius 3 is 1.19 bits per heavy atom. The summed E-state index contributed by atoms with van der Waals surface area (Å²) in [5.41, 5.74) is -5.53. The Bertz CT molecular complexity index is 1960. The van der Waals surface area contributed by atoms with Gasteiger partial charge in [0.2, 0.25) is 22.9 Å². The summed E-state index contributed by atoms with van der Waals surface area (Å²) in [6.45, 7) is 3.98. The summed E-state index contributed by atoms with van der Waals surface area (Å²) in [5.74, 6) is -4.20. The van der Waals surface area contributed by atoms with Gasteiger partial charge >= 0.3 is 30.1 Å². The van der Waals surface area contributed by atoms with E-state index in [1.54, 1.807) is 0 Å². The molecule has 0 aliphatic heterocycles. The molecule has 0 heterocycles. The lowest BCUT2D eigenvalue weighted by Gasteiger charge is -2.29. The molecule has 3 aliphatic rings. The van der Waals surface area contributed by atoms with E-state index in [2.05, 4.69) is 25.4 Å². The zero-order chi connectivity index (χ0) is 48.2. The van der Waals surface area contributed by atoms with Gasteiger partial charge in [0, 0.05) is 69.7 Å². The second-order valence-corrected chi connectivity index (χ2v) is 15.2. The van der Waals surface area contributed by atoms with E-state index >= 15 is 0 Å². The maximum Gasteiger partial charge on any atom is 0.491 e. The molecule has 64 heavy (non-hydrogen) atoms. The highest BCUT2D eigenvalue weighted by molar-refractivity contribution is 5.90. The molecule has 3 fully saturated rings. The lowest BCUT2D eigenvalue weighted by molar-refractivity contribution is -0.385. The number of benzene rings is 2. The molecule has 2 aromatic carbocycles. The standard InChI is InChI=1S/C13H14N2O5.C10H10N2O5.C8H10F3NO3.C8H13NO3/c16-12(10-4-6-11(7-5-10)15(18)19)20-13(14-17)8-2-1-3-9-13;1-10(2,11-14)17-9(13)7-3-5-8(6-4-7)12(15)16;9-8(10,11)6(13)15-7(12-14)4-2-1-3-5-7;1-7(10)12-8(9-11)5-3-2-4-6-8/h4-7H,1-3,8-9H2;3-6H,1-2H3;1-5H2;2-6H2,1H3. The van der Waals surface area contributed by atoms with E-state index in [0.29, 0.717) is 38.5 Å². The molecule has 0 aromatic heterocycles. The van der Waals surface area contributed by atoms with Gasteiger partial charge in [-0.1, -0.05) is 19.3 Å². The lowest BCUT2D eigenvalue weighted by atomic mass is 9.92. The van der Waals surface area contributed by atoms with Gasteiger partial charge in [-0.05, 0) is 97.3 Å². The first-order chi connectivity index (χ1) is 30.0. The van der Waals surface area contributed by atoms with Crippen LogP contribution in [0.3, 0.4) is 0 Å².